The molecule has 4 nitrogen and oxygen atoms in total. The van der Waals surface area contributed by atoms with Crippen LogP contribution in [-0.2, 0) is 0 Å². The summed E-state index contributed by atoms with van der Waals surface area (Å²) in [7, 11) is 0. The van der Waals surface area contributed by atoms with E-state index in [1.165, 1.54) is 0 Å². The molecule has 1 N–H and O–H groups in total. The van der Waals surface area contributed by atoms with E-state index in [0.29, 0.717) is 11.1 Å². The molecule has 0 fully saturated rings. The maximum atomic E-state index is 12.5. The lowest BCUT2D eigenvalue weighted by Gasteiger charge is -2.11. The summed E-state index contributed by atoms with van der Waals surface area (Å²) in [6, 6.07) is 20.9. The summed E-state index contributed by atoms with van der Waals surface area (Å²) in [4.78, 5) is 12.5. The van der Waals surface area contributed by atoms with E-state index in [-0.39, 0.29) is 5.91 Å². The molecule has 134 valence electrons. The first kappa shape index (κ1) is 18.7. The third kappa shape index (κ3) is 4.18. The number of carbonyl (C=O) groups is 1. The first-order valence-corrected chi connectivity index (χ1v) is 9.22. The highest BCUT2D eigenvalue weighted by Crippen LogP contribution is 2.24. The maximum absolute atomic E-state index is 12.5. The Kier molecular flexibility index (Phi) is 5.58. The molecule has 1 aromatic heterocycles. The summed E-state index contributed by atoms with van der Waals surface area (Å²) in [5.41, 5.74) is 7.54. The molecular formula is C22H18BrN3O. The Hall–Kier alpha value is -3.10. The molecule has 1 amide bonds. The summed E-state index contributed by atoms with van der Waals surface area (Å²) < 4.78 is 2.67. The van der Waals surface area contributed by atoms with Gasteiger partial charge in [-0.3, -0.25) is 14.9 Å². The number of nitrogens with one attached hydrogen (secondary N) is 1. The van der Waals surface area contributed by atoms with Gasteiger partial charge in [-0.25, -0.2) is 0 Å². The van der Waals surface area contributed by atoms with Gasteiger partial charge in [0.15, 0.2) is 0 Å². The van der Waals surface area contributed by atoms with Crippen LogP contribution in [0, 0.1) is 25.2 Å². The van der Waals surface area contributed by atoms with Gasteiger partial charge in [-0.1, -0.05) is 46.3 Å². The van der Waals surface area contributed by atoms with Gasteiger partial charge in [0.05, 0.1) is 11.6 Å². The molecule has 0 radical (unpaired) electrons. The molecule has 27 heavy (non-hydrogen) atoms. The van der Waals surface area contributed by atoms with Gasteiger partial charge in [-0.2, -0.15) is 5.26 Å². The van der Waals surface area contributed by atoms with Crippen molar-refractivity contribution in [3.05, 3.63) is 93.2 Å². The van der Waals surface area contributed by atoms with Gasteiger partial charge in [0.25, 0.3) is 5.91 Å². The van der Waals surface area contributed by atoms with E-state index in [2.05, 4.69) is 27.4 Å². The van der Waals surface area contributed by atoms with Gasteiger partial charge in [0.1, 0.15) is 0 Å². The predicted octanol–water partition coefficient (Wildman–Crippen LogP) is 5.32. The summed E-state index contributed by atoms with van der Waals surface area (Å²) in [5.74, 6) is -0.180. The van der Waals surface area contributed by atoms with Gasteiger partial charge in [0, 0.05) is 21.4 Å². The van der Waals surface area contributed by atoms with Crippen molar-refractivity contribution in [2.24, 2.45) is 0 Å². The van der Waals surface area contributed by atoms with Crippen molar-refractivity contribution < 1.29 is 4.79 Å². The maximum Gasteiger partial charge on any atom is 0.270 e. The molecule has 0 spiro atoms. The second-order valence-electron chi connectivity index (χ2n) is 6.15. The highest BCUT2D eigenvalue weighted by Gasteiger charge is 2.12. The van der Waals surface area contributed by atoms with E-state index in [4.69, 9.17) is 0 Å². The molecule has 5 heteroatoms. The number of hydrogen-bond donors (Lipinski definition) is 1. The van der Waals surface area contributed by atoms with Crippen molar-refractivity contribution in [2.75, 3.05) is 5.43 Å². The minimum absolute atomic E-state index is 0.180. The van der Waals surface area contributed by atoms with Gasteiger partial charge in [0.2, 0.25) is 0 Å². The fraction of sp³-hybridized carbons (Fsp3) is 0.0909. The number of hydrogen-bond acceptors (Lipinski definition) is 2. The van der Waals surface area contributed by atoms with Crippen LogP contribution in [0.2, 0.25) is 0 Å². The normalized spacial score (nSPS) is 11.1. The zero-order valence-electron chi connectivity index (χ0n) is 15.0. The number of carbonyl (C=O) groups excluding carboxylic acids is 1. The minimum atomic E-state index is -0.180. The van der Waals surface area contributed by atoms with E-state index in [1.54, 1.807) is 16.8 Å². The van der Waals surface area contributed by atoms with E-state index >= 15 is 0 Å². The molecule has 2 aromatic carbocycles. The number of nitriles is 1. The van der Waals surface area contributed by atoms with Gasteiger partial charge < -0.3 is 0 Å². The van der Waals surface area contributed by atoms with Gasteiger partial charge in [-0.05, 0) is 61.4 Å². The number of benzene rings is 2. The largest absolute Gasteiger partial charge is 0.270 e. The average molecular weight is 420 g/mol. The molecule has 0 aliphatic carbocycles. The SMILES string of the molecule is Cc1cc(/C=C(/C#N)c2cccc(Br)c2)c(C)n1NC(=O)c1ccccc1. The van der Waals surface area contributed by atoms with Crippen molar-refractivity contribution in [3.8, 4) is 6.07 Å². The van der Waals surface area contributed by atoms with Crippen LogP contribution >= 0.6 is 15.9 Å². The molecule has 0 saturated heterocycles. The fourth-order valence-electron chi connectivity index (χ4n) is 2.85. The standard InChI is InChI=1S/C22H18BrN3O/c1-15-11-19(12-20(14-24)18-9-6-10-21(23)13-18)16(2)26(15)25-22(27)17-7-4-3-5-8-17/h3-13H,1-2H3,(H,25,27)/b20-12-. The Morgan fingerprint density at radius 2 is 1.78 bits per heavy atom. The first-order valence-electron chi connectivity index (χ1n) is 8.42. The lowest BCUT2D eigenvalue weighted by atomic mass is 10.0. The molecule has 0 saturated carbocycles. The summed E-state index contributed by atoms with van der Waals surface area (Å²) in [5, 5.41) is 9.58. The summed E-state index contributed by atoms with van der Waals surface area (Å²) in [6.45, 7) is 3.83. The van der Waals surface area contributed by atoms with Crippen LogP contribution in [0.4, 0.5) is 0 Å². The first-order chi connectivity index (χ1) is 13.0. The number of allylic oxidation sites excluding steroid dienone is 1. The topological polar surface area (TPSA) is 57.8 Å². The van der Waals surface area contributed by atoms with Crippen LogP contribution in [-0.4, -0.2) is 10.6 Å². The number of halogens is 1. The molecule has 0 aliphatic heterocycles. The Bertz CT molecular complexity index is 1060. The number of rotatable bonds is 4. The number of aromatic nitrogens is 1. The lowest BCUT2D eigenvalue weighted by molar-refractivity contribution is 0.101. The minimum Gasteiger partial charge on any atom is -0.267 e. The van der Waals surface area contributed by atoms with E-state index in [0.717, 1.165) is 27.0 Å². The molecule has 0 unspecified atom stereocenters. The number of nitrogens with zero attached hydrogens (tertiary/aromatic N) is 2. The van der Waals surface area contributed by atoms with Crippen molar-refractivity contribution in [2.45, 2.75) is 13.8 Å². The molecule has 0 aliphatic rings. The third-order valence-electron chi connectivity index (χ3n) is 4.28. The molecular weight excluding hydrogens is 402 g/mol. The Morgan fingerprint density at radius 3 is 2.44 bits per heavy atom. The van der Waals surface area contributed by atoms with Crippen LogP contribution in [0.15, 0.2) is 65.1 Å². The molecule has 0 atom stereocenters. The van der Waals surface area contributed by atoms with Crippen LogP contribution in [0.25, 0.3) is 11.6 Å². The molecule has 0 bridgehead atoms. The van der Waals surface area contributed by atoms with Crippen molar-refractivity contribution >= 4 is 33.5 Å². The second kappa shape index (κ2) is 8.07. The van der Waals surface area contributed by atoms with Gasteiger partial charge in [-0.15, -0.1) is 0 Å². The highest BCUT2D eigenvalue weighted by molar-refractivity contribution is 9.10. The monoisotopic (exact) mass is 419 g/mol. The Balaban J connectivity index is 1.93. The molecule has 1 heterocycles. The van der Waals surface area contributed by atoms with Crippen molar-refractivity contribution in [1.29, 1.82) is 5.26 Å². The second-order valence-corrected chi connectivity index (χ2v) is 7.06. The lowest BCUT2D eigenvalue weighted by Crippen LogP contribution is -2.24. The Morgan fingerprint density at radius 1 is 1.07 bits per heavy atom. The molecule has 3 aromatic rings. The van der Waals surface area contributed by atoms with Gasteiger partial charge >= 0.3 is 0 Å². The van der Waals surface area contributed by atoms with Crippen LogP contribution in [0.5, 0.6) is 0 Å². The molecule has 3 rings (SSSR count). The fourth-order valence-corrected chi connectivity index (χ4v) is 3.25. The summed E-state index contributed by atoms with van der Waals surface area (Å²) in [6.07, 6.45) is 1.84. The van der Waals surface area contributed by atoms with Crippen molar-refractivity contribution in [3.63, 3.8) is 0 Å². The Labute approximate surface area is 166 Å². The van der Waals surface area contributed by atoms with Crippen LogP contribution < -0.4 is 5.43 Å². The number of amides is 1. The van der Waals surface area contributed by atoms with E-state index in [1.807, 2.05) is 68.5 Å². The average Bonchev–Trinajstić information content (AvgIpc) is 2.94. The van der Waals surface area contributed by atoms with E-state index in [9.17, 15) is 10.1 Å². The summed E-state index contributed by atoms with van der Waals surface area (Å²) >= 11 is 3.44. The van der Waals surface area contributed by atoms with Crippen LogP contribution in [0.1, 0.15) is 32.9 Å². The third-order valence-corrected chi connectivity index (χ3v) is 4.77. The highest BCUT2D eigenvalue weighted by atomic mass is 79.9. The quantitative estimate of drug-likeness (QED) is 0.581. The van der Waals surface area contributed by atoms with Crippen molar-refractivity contribution in [1.82, 2.24) is 4.68 Å². The number of aryl methyl sites for hydroxylation is 1. The zero-order chi connectivity index (χ0) is 19.4. The predicted molar refractivity (Wildman–Crippen MR) is 112 cm³/mol. The van der Waals surface area contributed by atoms with Crippen LogP contribution in [0.3, 0.4) is 0 Å². The van der Waals surface area contributed by atoms with E-state index < -0.39 is 0 Å². The smallest absolute Gasteiger partial charge is 0.267 e. The zero-order valence-corrected chi connectivity index (χ0v) is 16.6.